The van der Waals surface area contributed by atoms with Gasteiger partial charge in [0.05, 0.1) is 6.54 Å². The number of rotatable bonds is 9. The predicted octanol–water partition coefficient (Wildman–Crippen LogP) is 2.72. The number of hydrogen-bond acceptors (Lipinski definition) is 6. The molecule has 2 aromatic heterocycles. The van der Waals surface area contributed by atoms with Crippen molar-refractivity contribution in [2.45, 2.75) is 36.9 Å². The summed E-state index contributed by atoms with van der Waals surface area (Å²) >= 11 is 1.44. The number of aryl methyl sites for hydroxylation is 2. The molecule has 0 bridgehead atoms. The van der Waals surface area contributed by atoms with Crippen molar-refractivity contribution in [2.24, 2.45) is 7.05 Å². The number of thioether (sulfide) groups is 1. The van der Waals surface area contributed by atoms with Gasteiger partial charge < -0.3 is 14.4 Å². The van der Waals surface area contributed by atoms with Gasteiger partial charge in [0.15, 0.2) is 16.3 Å². The number of imidazole rings is 1. The van der Waals surface area contributed by atoms with Crippen LogP contribution in [0.2, 0.25) is 0 Å². The molecule has 2 N–H and O–H groups in total. The lowest BCUT2D eigenvalue weighted by Gasteiger charge is -2.15. The maximum Gasteiger partial charge on any atom is 0.329 e. The zero-order valence-electron chi connectivity index (χ0n) is 18.5. The van der Waals surface area contributed by atoms with E-state index in [-0.39, 0.29) is 24.3 Å². The molecule has 33 heavy (non-hydrogen) atoms. The summed E-state index contributed by atoms with van der Waals surface area (Å²) in [5.74, 6) is 1.30. The van der Waals surface area contributed by atoms with Crippen molar-refractivity contribution in [1.82, 2.24) is 19.1 Å². The van der Waals surface area contributed by atoms with E-state index in [4.69, 9.17) is 4.74 Å². The molecule has 2 aromatic carbocycles. The van der Waals surface area contributed by atoms with Gasteiger partial charge >= 0.3 is 5.69 Å². The van der Waals surface area contributed by atoms with E-state index < -0.39 is 17.4 Å². The van der Waals surface area contributed by atoms with E-state index in [2.05, 4.69) is 16.9 Å². The van der Waals surface area contributed by atoms with Crippen LogP contribution in [-0.2, 0) is 25.8 Å². The summed E-state index contributed by atoms with van der Waals surface area (Å²) in [6, 6.07) is 17.6. The molecule has 4 aromatic rings. The number of nitrogens with one attached hydrogen (secondary N) is 1. The number of fused-ring (bicyclic) bond motifs is 1. The van der Waals surface area contributed by atoms with Gasteiger partial charge in [0, 0.05) is 12.8 Å². The lowest BCUT2D eigenvalue weighted by Crippen LogP contribution is -2.30. The number of aliphatic hydroxyl groups excluding tert-OH is 1. The number of aliphatic hydroxyl groups is 1. The second kappa shape index (κ2) is 10.1. The molecule has 0 radical (unpaired) electrons. The number of nitrogens with zero attached hydrogens (tertiary/aromatic N) is 3. The monoisotopic (exact) mass is 466 g/mol. The minimum atomic E-state index is -0.888. The molecule has 9 heteroatoms. The minimum Gasteiger partial charge on any atom is -0.491 e. The molecule has 0 saturated carbocycles. The first-order chi connectivity index (χ1) is 16.0. The molecule has 0 fully saturated rings. The van der Waals surface area contributed by atoms with Crippen LogP contribution in [0.3, 0.4) is 0 Å². The van der Waals surface area contributed by atoms with E-state index in [0.717, 1.165) is 12.0 Å². The van der Waals surface area contributed by atoms with Gasteiger partial charge in [-0.2, -0.15) is 0 Å². The van der Waals surface area contributed by atoms with E-state index in [1.165, 1.54) is 21.9 Å². The summed E-state index contributed by atoms with van der Waals surface area (Å²) in [6.07, 6.45) is 0.0536. The van der Waals surface area contributed by atoms with Crippen molar-refractivity contribution in [1.29, 1.82) is 0 Å². The predicted molar refractivity (Wildman–Crippen MR) is 129 cm³/mol. The lowest BCUT2D eigenvalue weighted by molar-refractivity contribution is 0.0913. The van der Waals surface area contributed by atoms with E-state index >= 15 is 0 Å². The third-order valence-electron chi connectivity index (χ3n) is 5.35. The maximum atomic E-state index is 12.6. The lowest BCUT2D eigenvalue weighted by atomic mass is 10.2. The number of H-pyrrole nitrogens is 1. The first kappa shape index (κ1) is 22.9. The topological polar surface area (TPSA) is 102 Å². The average Bonchev–Trinajstić information content (AvgIpc) is 3.19. The highest BCUT2D eigenvalue weighted by Crippen LogP contribution is 2.25. The Hall–Kier alpha value is -3.30. The highest BCUT2D eigenvalue weighted by Gasteiger charge is 2.20. The van der Waals surface area contributed by atoms with E-state index in [9.17, 15) is 14.7 Å². The Bertz CT molecular complexity index is 1340. The molecule has 4 rings (SSSR count). The second-order valence-electron chi connectivity index (χ2n) is 7.73. The molecular weight excluding hydrogens is 440 g/mol. The van der Waals surface area contributed by atoms with Crippen molar-refractivity contribution in [3.63, 3.8) is 0 Å². The van der Waals surface area contributed by atoms with E-state index in [1.807, 2.05) is 54.6 Å². The van der Waals surface area contributed by atoms with Crippen LogP contribution in [0.15, 0.2) is 69.3 Å². The number of aromatic nitrogens is 4. The zero-order chi connectivity index (χ0) is 23.4. The first-order valence-electron chi connectivity index (χ1n) is 10.7. The van der Waals surface area contributed by atoms with Gasteiger partial charge in [0.1, 0.15) is 18.5 Å². The Labute approximate surface area is 194 Å². The number of benzene rings is 2. The highest BCUT2D eigenvalue weighted by molar-refractivity contribution is 7.98. The summed E-state index contributed by atoms with van der Waals surface area (Å²) in [5.41, 5.74) is 1.77. The molecule has 0 aliphatic rings. The molecule has 2 heterocycles. The zero-order valence-corrected chi connectivity index (χ0v) is 19.3. The summed E-state index contributed by atoms with van der Waals surface area (Å²) in [7, 11) is 1.56. The fourth-order valence-corrected chi connectivity index (χ4v) is 4.45. The van der Waals surface area contributed by atoms with Gasteiger partial charge in [-0.25, -0.2) is 9.78 Å². The van der Waals surface area contributed by atoms with Crippen LogP contribution >= 0.6 is 11.8 Å². The largest absolute Gasteiger partial charge is 0.491 e. The van der Waals surface area contributed by atoms with Gasteiger partial charge in [-0.15, -0.1) is 0 Å². The summed E-state index contributed by atoms with van der Waals surface area (Å²) in [5, 5.41) is 11.3. The highest BCUT2D eigenvalue weighted by atomic mass is 32.2. The van der Waals surface area contributed by atoms with Crippen LogP contribution in [0.1, 0.15) is 18.1 Å². The summed E-state index contributed by atoms with van der Waals surface area (Å²) in [4.78, 5) is 31.6. The van der Waals surface area contributed by atoms with Gasteiger partial charge in [-0.05, 0) is 29.7 Å². The Kier molecular flexibility index (Phi) is 7.00. The number of hydrogen-bond donors (Lipinski definition) is 2. The van der Waals surface area contributed by atoms with Crippen LogP contribution in [0.4, 0.5) is 0 Å². The maximum absolute atomic E-state index is 12.6. The van der Waals surface area contributed by atoms with Gasteiger partial charge in [0.25, 0.3) is 5.56 Å². The molecule has 1 unspecified atom stereocenters. The molecule has 8 nitrogen and oxygen atoms in total. The fraction of sp³-hybridized carbons (Fsp3) is 0.292. The van der Waals surface area contributed by atoms with Gasteiger partial charge in [0.2, 0.25) is 0 Å². The third kappa shape index (κ3) is 5.20. The Morgan fingerprint density at radius 1 is 1.09 bits per heavy atom. The minimum absolute atomic E-state index is 0.0532. The SMILES string of the molecule is CCc1ccc(OCC(O)Cn2c(SCc3ccccc3)nc3c2c(=O)[nH]c(=O)n3C)cc1. The van der Waals surface area contributed by atoms with Gasteiger partial charge in [-0.3, -0.25) is 14.3 Å². The van der Waals surface area contributed by atoms with Crippen molar-refractivity contribution >= 4 is 22.9 Å². The molecule has 172 valence electrons. The number of ether oxygens (including phenoxy) is 1. The van der Waals surface area contributed by atoms with Gasteiger partial charge in [-0.1, -0.05) is 61.2 Å². The number of aromatic amines is 1. The summed E-state index contributed by atoms with van der Waals surface area (Å²) < 4.78 is 8.70. The molecule has 0 amide bonds. The third-order valence-corrected chi connectivity index (χ3v) is 6.40. The van der Waals surface area contributed by atoms with Crippen molar-refractivity contribution in [3.8, 4) is 5.75 Å². The second-order valence-corrected chi connectivity index (χ2v) is 8.67. The molecule has 0 saturated heterocycles. The molecule has 1 atom stereocenters. The smallest absolute Gasteiger partial charge is 0.329 e. The van der Waals surface area contributed by atoms with Crippen LogP contribution in [0.25, 0.3) is 11.2 Å². The normalized spacial score (nSPS) is 12.2. The van der Waals surface area contributed by atoms with Crippen molar-refractivity contribution in [2.75, 3.05) is 6.61 Å². The van der Waals surface area contributed by atoms with Crippen molar-refractivity contribution in [3.05, 3.63) is 86.6 Å². The van der Waals surface area contributed by atoms with Crippen LogP contribution in [0.5, 0.6) is 5.75 Å². The van der Waals surface area contributed by atoms with E-state index in [1.54, 1.807) is 11.6 Å². The quantitative estimate of drug-likeness (QED) is 0.368. The van der Waals surface area contributed by atoms with E-state index in [0.29, 0.717) is 16.7 Å². The van der Waals surface area contributed by atoms with Crippen molar-refractivity contribution < 1.29 is 9.84 Å². The molecule has 0 aliphatic carbocycles. The summed E-state index contributed by atoms with van der Waals surface area (Å²) in [6.45, 7) is 2.24. The molecule has 0 aliphatic heterocycles. The fourth-order valence-electron chi connectivity index (χ4n) is 3.49. The molecule has 0 spiro atoms. The molecular formula is C24H26N4O4S. The van der Waals surface area contributed by atoms with Crippen LogP contribution in [0, 0.1) is 0 Å². The Morgan fingerprint density at radius 3 is 2.52 bits per heavy atom. The Morgan fingerprint density at radius 2 is 1.82 bits per heavy atom. The Balaban J connectivity index is 1.58. The van der Waals surface area contributed by atoms with Crippen LogP contribution < -0.4 is 16.0 Å². The average molecular weight is 467 g/mol. The first-order valence-corrected chi connectivity index (χ1v) is 11.7. The van der Waals surface area contributed by atoms with Crippen LogP contribution in [-0.4, -0.2) is 36.9 Å². The standard InChI is InChI=1S/C24H26N4O4S/c1-3-16-9-11-19(12-10-16)32-14-18(29)13-28-20-21(27(2)23(31)26-22(20)30)25-24(28)33-15-17-7-5-4-6-8-17/h4-12,18,29H,3,13-15H2,1-2H3,(H,26,30,31).